The fourth-order valence-corrected chi connectivity index (χ4v) is 9.17. The normalized spacial score (nSPS) is 13.1. The van der Waals surface area contributed by atoms with Gasteiger partial charge < -0.3 is 10.2 Å². The maximum Gasteiger partial charge on any atom is 0.0620 e. The molecule has 2 nitrogen and oxygen atoms in total. The predicted molar refractivity (Wildman–Crippen MR) is 236 cm³/mol. The third kappa shape index (κ3) is 4.95. The van der Waals surface area contributed by atoms with E-state index in [1.54, 1.807) is 0 Å². The van der Waals surface area contributed by atoms with E-state index in [-0.39, 0.29) is 5.41 Å². The van der Waals surface area contributed by atoms with Crippen molar-refractivity contribution >= 4 is 82.3 Å². The standard InChI is InChI=1S/C53H38N2/c1-53(2)49-22-12-11-19-43(49)46-32-48-47(33-50(46)53)51(54-40-26-23-34-13-3-6-16-37(34)29-40)44-20-9-10-21-45(44)52(48)55(41-27-24-35-14-4-7-17-38(35)30-41)42-28-25-36-15-5-8-18-39(36)31-42/h3-33,54H,1-2H3. The quantitative estimate of drug-likeness (QED) is 0.142. The van der Waals surface area contributed by atoms with Crippen LogP contribution in [-0.4, -0.2) is 0 Å². The van der Waals surface area contributed by atoms with Gasteiger partial charge in [0.25, 0.3) is 0 Å². The van der Waals surface area contributed by atoms with E-state index in [1.165, 1.54) is 81.8 Å². The summed E-state index contributed by atoms with van der Waals surface area (Å²) in [4.78, 5) is 2.50. The Kier molecular flexibility index (Phi) is 6.93. The van der Waals surface area contributed by atoms with Crippen LogP contribution in [0.15, 0.2) is 188 Å². The molecule has 0 amide bonds. The van der Waals surface area contributed by atoms with Crippen molar-refractivity contribution in [2.45, 2.75) is 19.3 Å². The van der Waals surface area contributed by atoms with Gasteiger partial charge in [0.05, 0.1) is 11.4 Å². The average molecular weight is 703 g/mol. The number of fused-ring (bicyclic) bond motifs is 8. The van der Waals surface area contributed by atoms with Crippen LogP contribution in [-0.2, 0) is 5.41 Å². The van der Waals surface area contributed by atoms with Gasteiger partial charge >= 0.3 is 0 Å². The molecule has 11 rings (SSSR count). The first-order valence-electron chi connectivity index (χ1n) is 19.2. The van der Waals surface area contributed by atoms with Crippen molar-refractivity contribution in [1.82, 2.24) is 0 Å². The van der Waals surface area contributed by atoms with Crippen LogP contribution in [0.1, 0.15) is 25.0 Å². The number of nitrogens with zero attached hydrogens (tertiary/aromatic N) is 1. The summed E-state index contributed by atoms with van der Waals surface area (Å²) >= 11 is 0. The minimum Gasteiger partial charge on any atom is -0.354 e. The monoisotopic (exact) mass is 702 g/mol. The van der Waals surface area contributed by atoms with Crippen LogP contribution >= 0.6 is 0 Å². The zero-order valence-electron chi connectivity index (χ0n) is 30.8. The highest BCUT2D eigenvalue weighted by Gasteiger charge is 2.36. The molecule has 0 heterocycles. The minimum atomic E-state index is -0.150. The maximum absolute atomic E-state index is 4.00. The molecule has 1 aliphatic rings. The number of benzene rings is 10. The Morgan fingerprint density at radius 1 is 0.382 bits per heavy atom. The average Bonchev–Trinajstić information content (AvgIpc) is 3.46. The summed E-state index contributed by atoms with van der Waals surface area (Å²) in [7, 11) is 0. The van der Waals surface area contributed by atoms with Gasteiger partial charge in [-0.1, -0.05) is 153 Å². The van der Waals surface area contributed by atoms with Crippen molar-refractivity contribution in [3.8, 4) is 11.1 Å². The van der Waals surface area contributed by atoms with Gasteiger partial charge in [-0.3, -0.25) is 0 Å². The molecule has 55 heavy (non-hydrogen) atoms. The zero-order chi connectivity index (χ0) is 36.7. The molecule has 2 heteroatoms. The molecule has 0 atom stereocenters. The molecule has 1 aliphatic carbocycles. The molecule has 10 aromatic carbocycles. The molecular formula is C53H38N2. The summed E-state index contributed by atoms with van der Waals surface area (Å²) in [5.74, 6) is 0. The summed E-state index contributed by atoms with van der Waals surface area (Å²) in [6, 6.07) is 69.3. The second-order valence-corrected chi connectivity index (χ2v) is 15.5. The Labute approximate surface area is 320 Å². The van der Waals surface area contributed by atoms with Crippen molar-refractivity contribution in [2.24, 2.45) is 0 Å². The number of anilines is 5. The third-order valence-corrected chi connectivity index (χ3v) is 11.9. The molecule has 1 N–H and O–H groups in total. The third-order valence-electron chi connectivity index (χ3n) is 11.9. The first-order chi connectivity index (χ1) is 27.0. The van der Waals surface area contributed by atoms with Gasteiger partial charge in [0.1, 0.15) is 0 Å². The molecule has 0 saturated heterocycles. The van der Waals surface area contributed by atoms with E-state index in [4.69, 9.17) is 0 Å². The summed E-state index contributed by atoms with van der Waals surface area (Å²) in [5, 5.41) is 16.1. The highest BCUT2D eigenvalue weighted by Crippen LogP contribution is 2.54. The minimum absolute atomic E-state index is 0.150. The smallest absolute Gasteiger partial charge is 0.0620 e. The lowest BCUT2D eigenvalue weighted by Crippen LogP contribution is -2.15. The lowest BCUT2D eigenvalue weighted by molar-refractivity contribution is 0.661. The van der Waals surface area contributed by atoms with Gasteiger partial charge in [0, 0.05) is 44.0 Å². The Balaban J connectivity index is 1.27. The number of hydrogen-bond donors (Lipinski definition) is 1. The lowest BCUT2D eigenvalue weighted by atomic mass is 9.81. The zero-order valence-corrected chi connectivity index (χ0v) is 30.8. The van der Waals surface area contributed by atoms with Crippen molar-refractivity contribution < 1.29 is 0 Å². The number of hydrogen-bond acceptors (Lipinski definition) is 2. The Bertz CT molecular complexity index is 3090. The van der Waals surface area contributed by atoms with E-state index in [1.807, 2.05) is 0 Å². The summed E-state index contributed by atoms with van der Waals surface area (Å²) < 4.78 is 0. The van der Waals surface area contributed by atoms with E-state index in [2.05, 4.69) is 212 Å². The summed E-state index contributed by atoms with van der Waals surface area (Å²) in [6.45, 7) is 4.75. The van der Waals surface area contributed by atoms with Crippen molar-refractivity contribution in [1.29, 1.82) is 0 Å². The molecule has 10 aromatic rings. The fraction of sp³-hybridized carbons (Fsp3) is 0.0566. The highest BCUT2D eigenvalue weighted by molar-refractivity contribution is 6.23. The van der Waals surface area contributed by atoms with Gasteiger partial charge in [-0.15, -0.1) is 0 Å². The molecule has 0 saturated carbocycles. The van der Waals surface area contributed by atoms with Crippen molar-refractivity contribution in [2.75, 3.05) is 10.2 Å². The van der Waals surface area contributed by atoms with Gasteiger partial charge in [0.15, 0.2) is 0 Å². The lowest BCUT2D eigenvalue weighted by Gasteiger charge is -2.31. The summed E-state index contributed by atoms with van der Waals surface area (Å²) in [6.07, 6.45) is 0. The van der Waals surface area contributed by atoms with E-state index in [9.17, 15) is 0 Å². The fourth-order valence-electron chi connectivity index (χ4n) is 9.17. The second kappa shape index (κ2) is 12.1. The van der Waals surface area contributed by atoms with E-state index in [0.29, 0.717) is 0 Å². The van der Waals surface area contributed by atoms with Crippen LogP contribution in [0.4, 0.5) is 28.4 Å². The van der Waals surface area contributed by atoms with Gasteiger partial charge in [0.2, 0.25) is 0 Å². The molecular weight excluding hydrogens is 665 g/mol. The van der Waals surface area contributed by atoms with Gasteiger partial charge in [-0.25, -0.2) is 0 Å². The first kappa shape index (κ1) is 31.6. The summed E-state index contributed by atoms with van der Waals surface area (Å²) in [5.41, 5.74) is 10.8. The Morgan fingerprint density at radius 2 is 0.909 bits per heavy atom. The maximum atomic E-state index is 4.00. The molecule has 0 fully saturated rings. The Hall–Kier alpha value is -6.90. The largest absolute Gasteiger partial charge is 0.354 e. The predicted octanol–water partition coefficient (Wildman–Crippen LogP) is 15.0. The van der Waals surface area contributed by atoms with Crippen LogP contribution in [0.5, 0.6) is 0 Å². The molecule has 0 radical (unpaired) electrons. The van der Waals surface area contributed by atoms with E-state index in [0.717, 1.165) is 22.7 Å². The van der Waals surface area contributed by atoms with Crippen LogP contribution in [0.3, 0.4) is 0 Å². The van der Waals surface area contributed by atoms with Crippen molar-refractivity contribution in [3.05, 3.63) is 199 Å². The number of nitrogens with one attached hydrogen (secondary N) is 1. The van der Waals surface area contributed by atoms with Crippen LogP contribution in [0, 0.1) is 0 Å². The molecule has 260 valence electrons. The van der Waals surface area contributed by atoms with Crippen molar-refractivity contribution in [3.63, 3.8) is 0 Å². The topological polar surface area (TPSA) is 15.3 Å². The first-order valence-corrected chi connectivity index (χ1v) is 19.2. The molecule has 0 spiro atoms. The SMILES string of the molecule is CC1(C)c2ccccc2-c2cc3c(N(c4ccc5ccccc5c4)c4ccc5ccccc5c4)c4ccccc4c(Nc4ccc5ccccc5c4)c3cc21. The van der Waals surface area contributed by atoms with Crippen LogP contribution in [0.2, 0.25) is 0 Å². The van der Waals surface area contributed by atoms with Gasteiger partial charge in [-0.2, -0.15) is 0 Å². The molecule has 0 unspecified atom stereocenters. The van der Waals surface area contributed by atoms with Crippen LogP contribution < -0.4 is 10.2 Å². The highest BCUT2D eigenvalue weighted by atomic mass is 15.1. The van der Waals surface area contributed by atoms with E-state index < -0.39 is 0 Å². The molecule has 0 aromatic heterocycles. The molecule has 0 bridgehead atoms. The van der Waals surface area contributed by atoms with E-state index >= 15 is 0 Å². The van der Waals surface area contributed by atoms with Gasteiger partial charge in [-0.05, 0) is 103 Å². The Morgan fingerprint density at radius 3 is 1.56 bits per heavy atom. The second-order valence-electron chi connectivity index (χ2n) is 15.5. The number of rotatable bonds is 5. The van der Waals surface area contributed by atoms with Crippen LogP contribution in [0.25, 0.3) is 65.0 Å². The molecule has 0 aliphatic heterocycles.